The van der Waals surface area contributed by atoms with E-state index in [2.05, 4.69) is 25.3 Å². The number of aromatic nitrogens is 2. The Morgan fingerprint density at radius 3 is 2.75 bits per heavy atom. The Morgan fingerprint density at radius 1 is 1.22 bits per heavy atom. The number of nitrogens with one attached hydrogen (secondary N) is 1. The standard InChI is InChI=1S/C24H24ClN5O.ClH/c1-15-3-4-16(9-21(15)25)13-27-22-20-10-17(26-2)5-6-19(20)23(29-28-22)30-8-7-24(14-30)11-18(31)12-24;/h3-6,9-10,18,31H,7-8,11-14H2,1H3,(H,27,28);1H. The van der Waals surface area contributed by atoms with Crippen molar-refractivity contribution in [2.45, 2.75) is 38.8 Å². The zero-order chi connectivity index (χ0) is 21.6. The van der Waals surface area contributed by atoms with Crippen LogP contribution in [0.15, 0.2) is 36.4 Å². The van der Waals surface area contributed by atoms with Crippen LogP contribution >= 0.6 is 24.0 Å². The van der Waals surface area contributed by atoms with E-state index in [4.69, 9.17) is 18.2 Å². The zero-order valence-corrected chi connectivity index (χ0v) is 19.4. The lowest BCUT2D eigenvalue weighted by Gasteiger charge is -2.42. The molecule has 1 aliphatic heterocycles. The fourth-order valence-electron chi connectivity index (χ4n) is 4.88. The quantitative estimate of drug-likeness (QED) is 0.491. The smallest absolute Gasteiger partial charge is 0.188 e. The molecule has 32 heavy (non-hydrogen) atoms. The van der Waals surface area contributed by atoms with Crippen LogP contribution in [0.5, 0.6) is 0 Å². The highest BCUT2D eigenvalue weighted by molar-refractivity contribution is 6.31. The van der Waals surface area contributed by atoms with Crippen LogP contribution in [0.3, 0.4) is 0 Å². The van der Waals surface area contributed by atoms with E-state index < -0.39 is 0 Å². The molecule has 8 heteroatoms. The number of aliphatic hydroxyl groups is 1. The van der Waals surface area contributed by atoms with E-state index in [1.54, 1.807) is 0 Å². The van der Waals surface area contributed by atoms with Gasteiger partial charge in [0, 0.05) is 35.4 Å². The van der Waals surface area contributed by atoms with E-state index >= 15 is 0 Å². The van der Waals surface area contributed by atoms with Crippen LogP contribution in [0, 0.1) is 18.9 Å². The average Bonchev–Trinajstić information content (AvgIpc) is 3.18. The minimum absolute atomic E-state index is 0. The number of aryl methyl sites for hydroxylation is 1. The third-order valence-electron chi connectivity index (χ3n) is 6.64. The molecule has 1 aromatic heterocycles. The lowest BCUT2D eigenvalue weighted by atomic mass is 9.66. The minimum atomic E-state index is -0.161. The molecule has 0 bridgehead atoms. The van der Waals surface area contributed by atoms with Crippen LogP contribution < -0.4 is 10.2 Å². The first-order valence-electron chi connectivity index (χ1n) is 10.6. The van der Waals surface area contributed by atoms with Crippen LogP contribution in [-0.2, 0) is 6.54 Å². The fourth-order valence-corrected chi connectivity index (χ4v) is 5.09. The molecule has 2 N–H and O–H groups in total. The molecule has 0 atom stereocenters. The Kier molecular flexibility index (Phi) is 6.17. The van der Waals surface area contributed by atoms with E-state index in [1.165, 1.54) is 0 Å². The second-order valence-electron chi connectivity index (χ2n) is 8.88. The van der Waals surface area contributed by atoms with Crippen LogP contribution in [0.1, 0.15) is 30.4 Å². The van der Waals surface area contributed by atoms with Gasteiger partial charge in [0.2, 0.25) is 0 Å². The van der Waals surface area contributed by atoms with Gasteiger partial charge in [0.05, 0.1) is 12.7 Å². The van der Waals surface area contributed by atoms with Crippen molar-refractivity contribution in [3.05, 3.63) is 64.0 Å². The highest BCUT2D eigenvalue weighted by atomic mass is 35.5. The monoisotopic (exact) mass is 469 g/mol. The largest absolute Gasteiger partial charge is 0.393 e. The second-order valence-corrected chi connectivity index (χ2v) is 9.29. The third-order valence-corrected chi connectivity index (χ3v) is 7.05. The number of halogens is 2. The van der Waals surface area contributed by atoms with Gasteiger partial charge in [0.15, 0.2) is 17.3 Å². The molecular formula is C24H25Cl2N5O. The first-order chi connectivity index (χ1) is 15.0. The number of fused-ring (bicyclic) bond motifs is 1. The molecule has 166 valence electrons. The summed E-state index contributed by atoms with van der Waals surface area (Å²) in [5, 5.41) is 24.9. The zero-order valence-electron chi connectivity index (χ0n) is 17.8. The first-order valence-corrected chi connectivity index (χ1v) is 10.9. The van der Waals surface area contributed by atoms with Gasteiger partial charge < -0.3 is 15.3 Å². The molecule has 3 aromatic rings. The molecule has 0 amide bonds. The van der Waals surface area contributed by atoms with E-state index in [1.807, 2.05) is 43.3 Å². The molecule has 1 saturated heterocycles. The molecule has 1 spiro atoms. The van der Waals surface area contributed by atoms with Gasteiger partial charge in [0.1, 0.15) is 0 Å². The van der Waals surface area contributed by atoms with Gasteiger partial charge in [-0.25, -0.2) is 4.85 Å². The van der Waals surface area contributed by atoms with Crippen LogP contribution in [0.4, 0.5) is 17.3 Å². The van der Waals surface area contributed by atoms with Gasteiger partial charge in [-0.3, -0.25) is 0 Å². The van der Waals surface area contributed by atoms with E-state index in [-0.39, 0.29) is 23.9 Å². The first kappa shape index (κ1) is 22.6. The van der Waals surface area contributed by atoms with Gasteiger partial charge in [-0.15, -0.1) is 22.6 Å². The number of hydrogen-bond donors (Lipinski definition) is 2. The Hall–Kier alpha value is -2.59. The molecule has 6 nitrogen and oxygen atoms in total. The number of aliphatic hydroxyl groups excluding tert-OH is 1. The van der Waals surface area contributed by atoms with Gasteiger partial charge >= 0.3 is 0 Å². The molecule has 0 unspecified atom stereocenters. The van der Waals surface area contributed by atoms with Gasteiger partial charge in [-0.1, -0.05) is 35.9 Å². The third kappa shape index (κ3) is 4.09. The maximum atomic E-state index is 9.79. The summed E-state index contributed by atoms with van der Waals surface area (Å²) >= 11 is 6.26. The molecule has 1 aliphatic carbocycles. The minimum Gasteiger partial charge on any atom is -0.393 e. The molecule has 2 heterocycles. The van der Waals surface area contributed by atoms with Gasteiger partial charge in [-0.05, 0) is 54.9 Å². The van der Waals surface area contributed by atoms with Crippen molar-refractivity contribution in [3.8, 4) is 0 Å². The van der Waals surface area contributed by atoms with Gasteiger partial charge in [-0.2, -0.15) is 0 Å². The Bertz CT molecular complexity index is 1200. The Labute approximate surface area is 198 Å². The SMILES string of the molecule is Cl.[C-]#[N+]c1ccc2c(N3CCC4(CC(O)C4)C3)nnc(NCc3ccc(C)c(Cl)c3)c2c1. The molecule has 1 saturated carbocycles. The maximum absolute atomic E-state index is 9.79. The van der Waals surface area contributed by atoms with Crippen molar-refractivity contribution in [2.75, 3.05) is 23.3 Å². The number of rotatable bonds is 4. The number of hydrogen-bond acceptors (Lipinski definition) is 5. The summed E-state index contributed by atoms with van der Waals surface area (Å²) in [4.78, 5) is 5.88. The number of anilines is 2. The van der Waals surface area contributed by atoms with Crippen molar-refractivity contribution in [3.63, 3.8) is 0 Å². The van der Waals surface area contributed by atoms with Crippen LogP contribution in [-0.4, -0.2) is 34.5 Å². The van der Waals surface area contributed by atoms with E-state index in [0.29, 0.717) is 18.1 Å². The summed E-state index contributed by atoms with van der Waals surface area (Å²) in [6.07, 6.45) is 2.65. The normalized spacial score (nSPS) is 21.8. The molecule has 2 aliphatic rings. The highest BCUT2D eigenvalue weighted by Gasteiger charge is 2.48. The summed E-state index contributed by atoms with van der Waals surface area (Å²) in [6.45, 7) is 11.8. The highest BCUT2D eigenvalue weighted by Crippen LogP contribution is 2.49. The molecule has 5 rings (SSSR count). The topological polar surface area (TPSA) is 65.6 Å². The predicted octanol–water partition coefficient (Wildman–Crippen LogP) is 5.53. The van der Waals surface area contributed by atoms with E-state index in [9.17, 15) is 5.11 Å². The fraction of sp³-hybridized carbons (Fsp3) is 0.375. The van der Waals surface area contributed by atoms with Crippen LogP contribution in [0.25, 0.3) is 15.6 Å². The number of nitrogens with zero attached hydrogens (tertiary/aromatic N) is 4. The van der Waals surface area contributed by atoms with Crippen molar-refractivity contribution in [1.82, 2.24) is 10.2 Å². The van der Waals surface area contributed by atoms with Crippen molar-refractivity contribution >= 4 is 52.1 Å². The second kappa shape index (κ2) is 8.74. The lowest BCUT2D eigenvalue weighted by molar-refractivity contribution is -0.0179. The molecule has 0 radical (unpaired) electrons. The molecule has 2 aromatic carbocycles. The molecular weight excluding hydrogens is 445 g/mol. The number of benzene rings is 2. The Morgan fingerprint density at radius 2 is 2.03 bits per heavy atom. The summed E-state index contributed by atoms with van der Waals surface area (Å²) in [7, 11) is 0. The van der Waals surface area contributed by atoms with Crippen LogP contribution in [0.2, 0.25) is 5.02 Å². The summed E-state index contributed by atoms with van der Waals surface area (Å²) < 4.78 is 0. The average molecular weight is 470 g/mol. The lowest BCUT2D eigenvalue weighted by Crippen LogP contribution is -2.43. The summed E-state index contributed by atoms with van der Waals surface area (Å²) in [5.74, 6) is 1.52. The van der Waals surface area contributed by atoms with Gasteiger partial charge in [0.25, 0.3) is 0 Å². The maximum Gasteiger partial charge on any atom is 0.188 e. The van der Waals surface area contributed by atoms with Crippen molar-refractivity contribution in [1.29, 1.82) is 0 Å². The predicted molar refractivity (Wildman–Crippen MR) is 131 cm³/mol. The van der Waals surface area contributed by atoms with E-state index in [0.717, 1.165) is 65.1 Å². The van der Waals surface area contributed by atoms with Crippen molar-refractivity contribution < 1.29 is 5.11 Å². The molecule has 2 fully saturated rings. The summed E-state index contributed by atoms with van der Waals surface area (Å²) in [5.41, 5.74) is 2.89. The Balaban J connectivity index is 0.00000245. The van der Waals surface area contributed by atoms with Crippen molar-refractivity contribution in [2.24, 2.45) is 5.41 Å². The summed E-state index contributed by atoms with van der Waals surface area (Å²) in [6, 6.07) is 11.7.